The minimum atomic E-state index is -0.141. The number of anilines is 1. The lowest BCUT2D eigenvalue weighted by Crippen LogP contribution is -2.30. The Hall–Kier alpha value is -3.91. The molecule has 2 atom stereocenters. The predicted octanol–water partition coefficient (Wildman–Crippen LogP) is 5.14. The molecule has 0 amide bonds. The lowest BCUT2D eigenvalue weighted by molar-refractivity contribution is 0.394. The van der Waals surface area contributed by atoms with Crippen molar-refractivity contribution in [2.24, 2.45) is 0 Å². The summed E-state index contributed by atoms with van der Waals surface area (Å²) in [7, 11) is 3.31. The first-order valence-corrected chi connectivity index (χ1v) is 12.2. The van der Waals surface area contributed by atoms with E-state index in [4.69, 9.17) is 21.7 Å². The van der Waals surface area contributed by atoms with E-state index < -0.39 is 0 Å². The summed E-state index contributed by atoms with van der Waals surface area (Å²) in [4.78, 5) is 11.1. The standard InChI is InChI=1S/C28H29N5O2S/c1-18-14-22(19(2)32(18)17-20-8-7-12-29-16-20)27-26(23-9-5-6-13-30-23)31-28(36)33(27)24-11-10-21(34-3)15-25(24)35-4/h5-16,26-27H,17H2,1-4H3,(H,31,36)/t26-,27-/m1/s1. The number of methoxy groups -OCH3 is 2. The highest BCUT2D eigenvalue weighted by molar-refractivity contribution is 7.80. The number of hydrogen-bond acceptors (Lipinski definition) is 5. The van der Waals surface area contributed by atoms with E-state index in [1.807, 2.05) is 54.9 Å². The lowest BCUT2D eigenvalue weighted by atomic mass is 9.96. The number of thiocarbonyl (C=S) groups is 1. The monoisotopic (exact) mass is 499 g/mol. The smallest absolute Gasteiger partial charge is 0.174 e. The van der Waals surface area contributed by atoms with Crippen molar-refractivity contribution in [3.63, 3.8) is 0 Å². The van der Waals surface area contributed by atoms with E-state index in [-0.39, 0.29) is 12.1 Å². The van der Waals surface area contributed by atoms with Gasteiger partial charge in [-0.2, -0.15) is 0 Å². The molecule has 0 radical (unpaired) electrons. The second-order valence-electron chi connectivity index (χ2n) is 8.81. The molecule has 1 saturated heterocycles. The average Bonchev–Trinajstić information content (AvgIpc) is 3.40. The predicted molar refractivity (Wildman–Crippen MR) is 145 cm³/mol. The molecule has 4 aromatic rings. The Kier molecular flexibility index (Phi) is 6.61. The number of hydrogen-bond donors (Lipinski definition) is 1. The zero-order chi connectivity index (χ0) is 25.2. The minimum absolute atomic E-state index is 0.136. The maximum atomic E-state index is 5.92. The highest BCUT2D eigenvalue weighted by Gasteiger charge is 2.43. The third kappa shape index (κ3) is 4.28. The van der Waals surface area contributed by atoms with E-state index in [0.29, 0.717) is 10.9 Å². The van der Waals surface area contributed by atoms with Crippen molar-refractivity contribution >= 4 is 23.0 Å². The number of ether oxygens (including phenoxy) is 2. The molecule has 184 valence electrons. The largest absolute Gasteiger partial charge is 0.497 e. The molecule has 1 aliphatic heterocycles. The van der Waals surface area contributed by atoms with Gasteiger partial charge < -0.3 is 24.3 Å². The van der Waals surface area contributed by atoms with Gasteiger partial charge in [-0.25, -0.2) is 0 Å². The van der Waals surface area contributed by atoms with Gasteiger partial charge in [-0.05, 0) is 73.6 Å². The van der Waals surface area contributed by atoms with Crippen molar-refractivity contribution < 1.29 is 9.47 Å². The van der Waals surface area contributed by atoms with E-state index in [9.17, 15) is 0 Å². The molecule has 0 saturated carbocycles. The fourth-order valence-corrected chi connectivity index (χ4v) is 5.30. The normalized spacial score (nSPS) is 17.2. The number of rotatable bonds is 7. The summed E-state index contributed by atoms with van der Waals surface area (Å²) in [6.07, 6.45) is 5.53. The topological polar surface area (TPSA) is 64.4 Å². The van der Waals surface area contributed by atoms with Crippen LogP contribution in [0.25, 0.3) is 0 Å². The highest BCUT2D eigenvalue weighted by atomic mass is 32.1. The molecule has 1 fully saturated rings. The van der Waals surface area contributed by atoms with Gasteiger partial charge in [-0.15, -0.1) is 0 Å². The van der Waals surface area contributed by atoms with Gasteiger partial charge in [0, 0.05) is 42.6 Å². The average molecular weight is 500 g/mol. The Labute approximate surface area is 216 Å². The first-order valence-electron chi connectivity index (χ1n) is 11.8. The minimum Gasteiger partial charge on any atom is -0.497 e. The van der Waals surface area contributed by atoms with Crippen LogP contribution in [-0.4, -0.2) is 33.9 Å². The van der Waals surface area contributed by atoms with E-state index in [2.05, 4.69) is 50.7 Å². The molecule has 7 nitrogen and oxygen atoms in total. The Morgan fingerprint density at radius 2 is 1.86 bits per heavy atom. The fraction of sp³-hybridized carbons (Fsp3) is 0.250. The maximum absolute atomic E-state index is 5.92. The van der Waals surface area contributed by atoms with Crippen molar-refractivity contribution in [3.05, 3.63) is 101 Å². The van der Waals surface area contributed by atoms with Crippen LogP contribution in [0.2, 0.25) is 0 Å². The molecule has 36 heavy (non-hydrogen) atoms. The molecule has 3 aromatic heterocycles. The SMILES string of the molecule is COc1ccc(N2C(=S)N[C@H](c3ccccn3)[C@H]2c2cc(C)n(Cc3cccnc3)c2C)c(OC)c1. The van der Waals surface area contributed by atoms with Crippen LogP contribution in [0.4, 0.5) is 5.69 Å². The van der Waals surface area contributed by atoms with Gasteiger partial charge in [0.25, 0.3) is 0 Å². The summed E-state index contributed by atoms with van der Waals surface area (Å²) in [5, 5.41) is 4.16. The molecule has 0 aliphatic carbocycles. The van der Waals surface area contributed by atoms with Gasteiger partial charge in [0.05, 0.1) is 37.7 Å². The van der Waals surface area contributed by atoms with Crippen LogP contribution >= 0.6 is 12.2 Å². The third-order valence-electron chi connectivity index (χ3n) is 6.74. The summed E-state index contributed by atoms with van der Waals surface area (Å²) in [6.45, 7) is 5.05. The zero-order valence-electron chi connectivity index (χ0n) is 20.8. The van der Waals surface area contributed by atoms with E-state index in [1.165, 1.54) is 17.0 Å². The number of aromatic nitrogens is 3. The molecule has 5 rings (SSSR count). The summed E-state index contributed by atoms with van der Waals surface area (Å²) in [5.74, 6) is 1.41. The van der Waals surface area contributed by atoms with E-state index >= 15 is 0 Å². The Balaban J connectivity index is 1.65. The summed E-state index contributed by atoms with van der Waals surface area (Å²) < 4.78 is 13.5. The third-order valence-corrected chi connectivity index (χ3v) is 7.05. The number of pyridine rings is 2. The first-order chi connectivity index (χ1) is 17.5. The lowest BCUT2D eigenvalue weighted by Gasteiger charge is -2.29. The van der Waals surface area contributed by atoms with Crippen LogP contribution in [0.15, 0.2) is 73.2 Å². The van der Waals surface area contributed by atoms with Crippen LogP contribution in [0.3, 0.4) is 0 Å². The Morgan fingerprint density at radius 1 is 1.00 bits per heavy atom. The molecule has 0 unspecified atom stereocenters. The van der Waals surface area contributed by atoms with Gasteiger partial charge in [0.2, 0.25) is 0 Å². The second kappa shape index (κ2) is 9.99. The van der Waals surface area contributed by atoms with Crippen LogP contribution < -0.4 is 19.7 Å². The number of nitrogens with one attached hydrogen (secondary N) is 1. The Bertz CT molecular complexity index is 1370. The fourth-order valence-electron chi connectivity index (χ4n) is 4.96. The van der Waals surface area contributed by atoms with Crippen molar-refractivity contribution in [1.82, 2.24) is 19.9 Å². The van der Waals surface area contributed by atoms with Crippen molar-refractivity contribution in [1.29, 1.82) is 0 Å². The van der Waals surface area contributed by atoms with Gasteiger partial charge in [-0.3, -0.25) is 9.97 Å². The van der Waals surface area contributed by atoms with Gasteiger partial charge in [-0.1, -0.05) is 12.1 Å². The molecule has 1 N–H and O–H groups in total. The molecule has 0 bridgehead atoms. The number of nitrogens with zero attached hydrogens (tertiary/aromatic N) is 4. The first kappa shape index (κ1) is 23.8. The van der Waals surface area contributed by atoms with Crippen molar-refractivity contribution in [2.45, 2.75) is 32.5 Å². The van der Waals surface area contributed by atoms with Gasteiger partial charge >= 0.3 is 0 Å². The summed E-state index contributed by atoms with van der Waals surface area (Å²) in [5.41, 5.74) is 6.48. The molecule has 0 spiro atoms. The molecular weight excluding hydrogens is 470 g/mol. The van der Waals surface area contributed by atoms with Crippen LogP contribution in [0, 0.1) is 13.8 Å². The number of benzene rings is 1. The highest BCUT2D eigenvalue weighted by Crippen LogP contribution is 2.46. The summed E-state index contributed by atoms with van der Waals surface area (Å²) in [6, 6.07) is 17.8. The van der Waals surface area contributed by atoms with Crippen LogP contribution in [-0.2, 0) is 6.54 Å². The molecular formula is C28H29N5O2S. The van der Waals surface area contributed by atoms with E-state index in [1.54, 1.807) is 20.4 Å². The Morgan fingerprint density at radius 3 is 2.56 bits per heavy atom. The maximum Gasteiger partial charge on any atom is 0.174 e. The van der Waals surface area contributed by atoms with E-state index in [0.717, 1.165) is 29.2 Å². The van der Waals surface area contributed by atoms with Gasteiger partial charge in [0.1, 0.15) is 11.5 Å². The molecule has 8 heteroatoms. The van der Waals surface area contributed by atoms with Gasteiger partial charge in [0.15, 0.2) is 5.11 Å². The zero-order valence-corrected chi connectivity index (χ0v) is 21.6. The quantitative estimate of drug-likeness (QED) is 0.353. The molecule has 1 aromatic carbocycles. The van der Waals surface area contributed by atoms with Crippen molar-refractivity contribution in [3.8, 4) is 11.5 Å². The summed E-state index contributed by atoms with van der Waals surface area (Å²) >= 11 is 5.92. The second-order valence-corrected chi connectivity index (χ2v) is 9.19. The number of aryl methyl sites for hydroxylation is 1. The molecule has 4 heterocycles. The molecule has 1 aliphatic rings. The van der Waals surface area contributed by atoms with Crippen LogP contribution in [0.1, 0.15) is 40.3 Å². The van der Waals surface area contributed by atoms with Crippen molar-refractivity contribution in [2.75, 3.05) is 19.1 Å². The van der Waals surface area contributed by atoms with Crippen LogP contribution in [0.5, 0.6) is 11.5 Å².